The van der Waals surface area contributed by atoms with Crippen molar-refractivity contribution in [2.24, 2.45) is 12.0 Å². The summed E-state index contributed by atoms with van der Waals surface area (Å²) in [5, 5.41) is 8.81. The van der Waals surface area contributed by atoms with Gasteiger partial charge in [-0.2, -0.15) is 5.26 Å². The van der Waals surface area contributed by atoms with Gasteiger partial charge in [-0.25, -0.2) is 9.67 Å². The minimum absolute atomic E-state index is 0.119. The van der Waals surface area contributed by atoms with Crippen molar-refractivity contribution in [2.45, 2.75) is 6.92 Å². The third-order valence-electron chi connectivity index (χ3n) is 4.37. The van der Waals surface area contributed by atoms with E-state index in [1.54, 1.807) is 33.8 Å². The number of para-hydroxylation sites is 2. The van der Waals surface area contributed by atoms with Gasteiger partial charge in [0.25, 0.3) is 5.56 Å². The molecule has 0 aliphatic rings. The summed E-state index contributed by atoms with van der Waals surface area (Å²) >= 11 is 0. The maximum absolute atomic E-state index is 12.9. The highest BCUT2D eigenvalue weighted by molar-refractivity contribution is 5.87. The molecular weight excluding hydrogens is 356 g/mol. The Morgan fingerprint density at radius 2 is 1.93 bits per heavy atom. The van der Waals surface area contributed by atoms with Crippen LogP contribution in [0.3, 0.4) is 0 Å². The van der Waals surface area contributed by atoms with E-state index in [0.717, 1.165) is 11.4 Å². The number of aliphatic imine (C=N–C) groups is 1. The summed E-state index contributed by atoms with van der Waals surface area (Å²) in [5.74, 6) is 0.901. The van der Waals surface area contributed by atoms with E-state index < -0.39 is 0 Å². The number of aromatic nitrogens is 2. The zero-order chi connectivity index (χ0) is 20.1. The quantitative estimate of drug-likeness (QED) is 0.619. The molecule has 0 N–H and O–H groups in total. The van der Waals surface area contributed by atoms with Crippen LogP contribution in [0.25, 0.3) is 5.69 Å². The molecule has 3 rings (SSSR count). The Balaban J connectivity index is 2.05. The largest absolute Gasteiger partial charge is 0.493 e. The van der Waals surface area contributed by atoms with Gasteiger partial charge in [0, 0.05) is 18.8 Å². The fourth-order valence-electron chi connectivity index (χ4n) is 2.89. The van der Waals surface area contributed by atoms with Crippen molar-refractivity contribution in [3.63, 3.8) is 0 Å². The van der Waals surface area contributed by atoms with Crippen molar-refractivity contribution in [2.75, 3.05) is 13.7 Å². The summed E-state index contributed by atoms with van der Waals surface area (Å²) in [6, 6.07) is 16.6. The first-order valence-corrected chi connectivity index (χ1v) is 8.63. The molecule has 0 fully saturated rings. The summed E-state index contributed by atoms with van der Waals surface area (Å²) in [6.45, 7) is 1.72. The normalized spacial score (nSPS) is 10.8. The Bertz CT molecular complexity index is 1110. The Labute approximate surface area is 162 Å². The molecule has 7 nitrogen and oxygen atoms in total. The van der Waals surface area contributed by atoms with Gasteiger partial charge >= 0.3 is 0 Å². The molecule has 0 saturated carbocycles. The number of hydrogen-bond donors (Lipinski definition) is 0. The number of nitrogens with zero attached hydrogens (tertiary/aromatic N) is 4. The molecule has 0 radical (unpaired) electrons. The van der Waals surface area contributed by atoms with Crippen molar-refractivity contribution < 1.29 is 9.47 Å². The first-order valence-electron chi connectivity index (χ1n) is 8.63. The highest BCUT2D eigenvalue weighted by Crippen LogP contribution is 2.30. The van der Waals surface area contributed by atoms with Crippen LogP contribution in [-0.2, 0) is 7.05 Å². The number of ether oxygens (including phenoxy) is 2. The predicted molar refractivity (Wildman–Crippen MR) is 107 cm³/mol. The second-order valence-corrected chi connectivity index (χ2v) is 5.99. The van der Waals surface area contributed by atoms with Gasteiger partial charge in [0.2, 0.25) is 0 Å². The van der Waals surface area contributed by atoms with Gasteiger partial charge in [-0.3, -0.25) is 9.48 Å². The second-order valence-electron chi connectivity index (χ2n) is 5.99. The zero-order valence-corrected chi connectivity index (χ0v) is 15.9. The van der Waals surface area contributed by atoms with E-state index in [9.17, 15) is 4.79 Å². The van der Waals surface area contributed by atoms with Crippen LogP contribution in [-0.4, -0.2) is 29.3 Å². The van der Waals surface area contributed by atoms with Gasteiger partial charge in [-0.15, -0.1) is 0 Å². The topological polar surface area (TPSA) is 81.5 Å². The molecule has 0 bridgehead atoms. The lowest BCUT2D eigenvalue weighted by Gasteiger charge is -2.10. The second kappa shape index (κ2) is 8.27. The Morgan fingerprint density at radius 3 is 2.61 bits per heavy atom. The molecule has 2 aromatic carbocycles. The van der Waals surface area contributed by atoms with Gasteiger partial charge < -0.3 is 9.47 Å². The van der Waals surface area contributed by atoms with E-state index in [2.05, 4.69) is 4.99 Å². The third-order valence-corrected chi connectivity index (χ3v) is 4.37. The first kappa shape index (κ1) is 19.0. The van der Waals surface area contributed by atoms with Crippen LogP contribution in [0, 0.1) is 18.3 Å². The van der Waals surface area contributed by atoms with E-state index in [1.807, 2.05) is 50.4 Å². The summed E-state index contributed by atoms with van der Waals surface area (Å²) in [4.78, 5) is 17.4. The number of methoxy groups -OCH3 is 1. The molecule has 0 aliphatic carbocycles. The molecule has 0 spiro atoms. The molecule has 3 aromatic rings. The van der Waals surface area contributed by atoms with E-state index in [1.165, 1.54) is 7.11 Å². The molecule has 0 saturated heterocycles. The SMILES string of the molecule is COc1cccc(C=Nc2c(C)n(C)n(-c3ccccc3)c2=O)c1OCC#N. The van der Waals surface area contributed by atoms with Crippen molar-refractivity contribution >= 4 is 11.9 Å². The molecule has 142 valence electrons. The summed E-state index contributed by atoms with van der Waals surface area (Å²) < 4.78 is 14.1. The van der Waals surface area contributed by atoms with E-state index in [-0.39, 0.29) is 12.2 Å². The maximum Gasteiger partial charge on any atom is 0.297 e. The minimum atomic E-state index is -0.218. The molecule has 0 unspecified atom stereocenters. The number of nitriles is 1. The van der Waals surface area contributed by atoms with Gasteiger partial charge in [0.15, 0.2) is 23.8 Å². The van der Waals surface area contributed by atoms with Crippen LogP contribution in [0.1, 0.15) is 11.3 Å². The Morgan fingerprint density at radius 1 is 1.18 bits per heavy atom. The van der Waals surface area contributed by atoms with Gasteiger partial charge in [-0.05, 0) is 31.2 Å². The lowest BCUT2D eigenvalue weighted by atomic mass is 10.2. The van der Waals surface area contributed by atoms with Crippen molar-refractivity contribution in [1.29, 1.82) is 5.26 Å². The van der Waals surface area contributed by atoms with E-state index >= 15 is 0 Å². The van der Waals surface area contributed by atoms with Crippen LogP contribution >= 0.6 is 0 Å². The monoisotopic (exact) mass is 376 g/mol. The van der Waals surface area contributed by atoms with Crippen molar-refractivity contribution in [3.05, 3.63) is 70.1 Å². The number of rotatable bonds is 6. The first-order chi connectivity index (χ1) is 13.6. The van der Waals surface area contributed by atoms with E-state index in [4.69, 9.17) is 14.7 Å². The van der Waals surface area contributed by atoms with Gasteiger partial charge in [0.05, 0.1) is 18.5 Å². The molecule has 1 aromatic heterocycles. The summed E-state index contributed by atoms with van der Waals surface area (Å²) in [5.41, 5.74) is 2.22. The highest BCUT2D eigenvalue weighted by atomic mass is 16.5. The molecule has 0 amide bonds. The minimum Gasteiger partial charge on any atom is -0.493 e. The average molecular weight is 376 g/mol. The zero-order valence-electron chi connectivity index (χ0n) is 15.9. The van der Waals surface area contributed by atoms with Crippen LogP contribution in [0.15, 0.2) is 58.3 Å². The van der Waals surface area contributed by atoms with Crippen molar-refractivity contribution in [1.82, 2.24) is 9.36 Å². The number of benzene rings is 2. The van der Waals surface area contributed by atoms with Crippen LogP contribution in [0.2, 0.25) is 0 Å². The van der Waals surface area contributed by atoms with Gasteiger partial charge in [-0.1, -0.05) is 24.3 Å². The fraction of sp³-hybridized carbons (Fsp3) is 0.190. The van der Waals surface area contributed by atoms with Crippen LogP contribution in [0.5, 0.6) is 11.5 Å². The highest BCUT2D eigenvalue weighted by Gasteiger charge is 2.16. The predicted octanol–water partition coefficient (Wildman–Crippen LogP) is 3.15. The average Bonchev–Trinajstić information content (AvgIpc) is 2.93. The van der Waals surface area contributed by atoms with Crippen LogP contribution in [0.4, 0.5) is 5.69 Å². The van der Waals surface area contributed by atoms with Crippen molar-refractivity contribution in [3.8, 4) is 23.3 Å². The molecule has 0 aliphatic heterocycles. The maximum atomic E-state index is 12.9. The molecule has 28 heavy (non-hydrogen) atoms. The fourth-order valence-corrected chi connectivity index (χ4v) is 2.89. The third kappa shape index (κ3) is 3.53. The Kier molecular flexibility index (Phi) is 5.61. The van der Waals surface area contributed by atoms with Gasteiger partial charge in [0.1, 0.15) is 6.07 Å². The lowest BCUT2D eigenvalue weighted by molar-refractivity contribution is 0.329. The molecule has 7 heteroatoms. The van der Waals surface area contributed by atoms with Crippen LogP contribution < -0.4 is 15.0 Å². The number of hydrogen-bond acceptors (Lipinski definition) is 5. The molecule has 0 atom stereocenters. The lowest BCUT2D eigenvalue weighted by Crippen LogP contribution is -2.19. The molecular formula is C21H20N4O3. The standard InChI is InChI=1S/C21H20N4O3/c1-15-19(21(26)25(24(15)2)17-9-5-4-6-10-17)23-14-16-8-7-11-18(27-3)20(16)28-13-12-22/h4-11,14H,13H2,1-3H3. The van der Waals surface area contributed by atoms with E-state index in [0.29, 0.717) is 22.7 Å². The Hall–Kier alpha value is -3.79. The summed E-state index contributed by atoms with van der Waals surface area (Å²) in [6.07, 6.45) is 1.55. The smallest absolute Gasteiger partial charge is 0.297 e. The molecule has 1 heterocycles. The summed E-state index contributed by atoms with van der Waals surface area (Å²) in [7, 11) is 3.34.